The number of aromatic nitrogens is 1. The van der Waals surface area contributed by atoms with Crippen molar-refractivity contribution in [1.29, 1.82) is 0 Å². The van der Waals surface area contributed by atoms with Gasteiger partial charge in [0, 0.05) is 32.8 Å². The summed E-state index contributed by atoms with van der Waals surface area (Å²) in [7, 11) is 1.67. The molecule has 5 heteroatoms. The van der Waals surface area contributed by atoms with Crippen molar-refractivity contribution >= 4 is 11.5 Å². The lowest BCUT2D eigenvalue weighted by molar-refractivity contribution is -0.0101. The van der Waals surface area contributed by atoms with Crippen LogP contribution in [0, 0.1) is 0 Å². The zero-order valence-corrected chi connectivity index (χ0v) is 12.2. The maximum atomic E-state index is 12.2. The maximum absolute atomic E-state index is 12.2. The summed E-state index contributed by atoms with van der Waals surface area (Å²) in [5.74, 6) is 0.109. The van der Waals surface area contributed by atoms with Gasteiger partial charge in [0.1, 0.15) is 5.69 Å². The highest BCUT2D eigenvalue weighted by Crippen LogP contribution is 2.22. The highest BCUT2D eigenvalue weighted by molar-refractivity contribution is 5.99. The molecule has 2 rings (SSSR count). The first-order chi connectivity index (χ1) is 9.76. The second-order valence-corrected chi connectivity index (χ2v) is 4.94. The van der Waals surface area contributed by atoms with E-state index in [1.807, 2.05) is 19.1 Å². The molecule has 0 aromatic carbocycles. The fourth-order valence-corrected chi connectivity index (χ4v) is 2.44. The van der Waals surface area contributed by atoms with E-state index in [9.17, 15) is 4.79 Å². The zero-order valence-electron chi connectivity index (χ0n) is 12.2. The Morgan fingerprint density at radius 1 is 1.60 bits per heavy atom. The molecule has 0 amide bonds. The van der Waals surface area contributed by atoms with Crippen LogP contribution in [0.5, 0.6) is 0 Å². The van der Waals surface area contributed by atoms with Gasteiger partial charge in [-0.15, -0.1) is 0 Å². The molecule has 1 aromatic rings. The van der Waals surface area contributed by atoms with E-state index in [-0.39, 0.29) is 11.9 Å². The van der Waals surface area contributed by atoms with Crippen molar-refractivity contribution in [1.82, 2.24) is 4.98 Å². The van der Waals surface area contributed by atoms with Crippen LogP contribution in [0.4, 0.5) is 5.69 Å². The van der Waals surface area contributed by atoms with Crippen LogP contribution in [0.15, 0.2) is 18.3 Å². The minimum atomic E-state index is 0.0445. The fourth-order valence-electron chi connectivity index (χ4n) is 2.44. The number of carbonyl (C=O) groups excluding carboxylic acids is 1. The SMILES string of the molecule is CCCC(=O)c1ncccc1N1CCOC(COC)C1. The van der Waals surface area contributed by atoms with E-state index in [0.29, 0.717) is 25.3 Å². The molecular weight excluding hydrogens is 256 g/mol. The Labute approximate surface area is 119 Å². The molecule has 1 saturated heterocycles. The maximum Gasteiger partial charge on any atom is 0.183 e. The molecule has 1 aromatic heterocycles. The minimum Gasteiger partial charge on any atom is -0.382 e. The Kier molecular flexibility index (Phi) is 5.49. The number of Topliss-reactive ketones (excluding diaryl/α,β-unsaturated/α-hetero) is 1. The summed E-state index contributed by atoms with van der Waals surface area (Å²) >= 11 is 0. The number of nitrogens with zero attached hydrogens (tertiary/aromatic N) is 2. The summed E-state index contributed by atoms with van der Waals surface area (Å²) < 4.78 is 10.8. The predicted octanol–water partition coefficient (Wildman–Crippen LogP) is 1.92. The van der Waals surface area contributed by atoms with Crippen molar-refractivity contribution in [2.45, 2.75) is 25.9 Å². The number of rotatable bonds is 6. The van der Waals surface area contributed by atoms with E-state index in [0.717, 1.165) is 25.2 Å². The van der Waals surface area contributed by atoms with Crippen LogP contribution in [0.2, 0.25) is 0 Å². The van der Waals surface area contributed by atoms with E-state index >= 15 is 0 Å². The molecule has 110 valence electrons. The average Bonchev–Trinajstić information content (AvgIpc) is 2.48. The summed E-state index contributed by atoms with van der Waals surface area (Å²) in [5, 5.41) is 0. The third kappa shape index (κ3) is 3.55. The van der Waals surface area contributed by atoms with Gasteiger partial charge in [0.15, 0.2) is 5.78 Å². The van der Waals surface area contributed by atoms with Crippen LogP contribution in [-0.2, 0) is 9.47 Å². The van der Waals surface area contributed by atoms with Gasteiger partial charge >= 0.3 is 0 Å². The van der Waals surface area contributed by atoms with Crippen molar-refractivity contribution in [3.8, 4) is 0 Å². The molecule has 20 heavy (non-hydrogen) atoms. The highest BCUT2D eigenvalue weighted by atomic mass is 16.5. The summed E-state index contributed by atoms with van der Waals surface area (Å²) in [6.45, 7) is 4.72. The smallest absolute Gasteiger partial charge is 0.183 e. The van der Waals surface area contributed by atoms with Crippen molar-refractivity contribution in [3.05, 3.63) is 24.0 Å². The normalized spacial score (nSPS) is 19.1. The largest absolute Gasteiger partial charge is 0.382 e. The molecule has 5 nitrogen and oxygen atoms in total. The van der Waals surface area contributed by atoms with Crippen molar-refractivity contribution in [2.24, 2.45) is 0 Å². The monoisotopic (exact) mass is 278 g/mol. The van der Waals surface area contributed by atoms with Gasteiger partial charge in [0.25, 0.3) is 0 Å². The zero-order chi connectivity index (χ0) is 14.4. The molecule has 1 atom stereocenters. The molecule has 2 heterocycles. The third-order valence-corrected chi connectivity index (χ3v) is 3.36. The lowest BCUT2D eigenvalue weighted by Gasteiger charge is -2.34. The number of hydrogen-bond acceptors (Lipinski definition) is 5. The quantitative estimate of drug-likeness (QED) is 0.744. The Balaban J connectivity index is 2.17. The number of pyridine rings is 1. The highest BCUT2D eigenvalue weighted by Gasteiger charge is 2.24. The predicted molar refractivity (Wildman–Crippen MR) is 77.3 cm³/mol. The Hall–Kier alpha value is -1.46. The van der Waals surface area contributed by atoms with Gasteiger partial charge in [0.05, 0.1) is 25.0 Å². The second-order valence-electron chi connectivity index (χ2n) is 4.94. The molecule has 1 fully saturated rings. The van der Waals surface area contributed by atoms with Crippen LogP contribution >= 0.6 is 0 Å². The molecule has 1 aliphatic heterocycles. The average molecular weight is 278 g/mol. The first-order valence-corrected chi connectivity index (χ1v) is 7.10. The fraction of sp³-hybridized carbons (Fsp3) is 0.600. The van der Waals surface area contributed by atoms with Crippen LogP contribution in [0.3, 0.4) is 0 Å². The van der Waals surface area contributed by atoms with Gasteiger partial charge < -0.3 is 14.4 Å². The van der Waals surface area contributed by atoms with Gasteiger partial charge in [-0.2, -0.15) is 0 Å². The number of carbonyl (C=O) groups is 1. The van der Waals surface area contributed by atoms with Gasteiger partial charge in [0.2, 0.25) is 0 Å². The molecule has 0 aliphatic carbocycles. The molecule has 1 aliphatic rings. The van der Waals surface area contributed by atoms with E-state index in [4.69, 9.17) is 9.47 Å². The van der Waals surface area contributed by atoms with Gasteiger partial charge in [-0.25, -0.2) is 0 Å². The summed E-state index contributed by atoms with van der Waals surface area (Å²) in [6.07, 6.45) is 3.10. The molecule has 0 saturated carbocycles. The Morgan fingerprint density at radius 2 is 2.45 bits per heavy atom. The van der Waals surface area contributed by atoms with Gasteiger partial charge in [-0.05, 0) is 18.6 Å². The number of methoxy groups -OCH3 is 1. The second kappa shape index (κ2) is 7.36. The van der Waals surface area contributed by atoms with Crippen molar-refractivity contribution in [3.63, 3.8) is 0 Å². The number of ketones is 1. The molecule has 0 spiro atoms. The lowest BCUT2D eigenvalue weighted by Crippen LogP contribution is -2.45. The molecule has 0 bridgehead atoms. The molecule has 0 N–H and O–H groups in total. The van der Waals surface area contributed by atoms with Crippen molar-refractivity contribution < 1.29 is 14.3 Å². The van der Waals surface area contributed by atoms with Crippen LogP contribution in [0.25, 0.3) is 0 Å². The number of ether oxygens (including phenoxy) is 2. The number of hydrogen-bond donors (Lipinski definition) is 0. The van der Waals surface area contributed by atoms with Gasteiger partial charge in [-0.1, -0.05) is 6.92 Å². The third-order valence-electron chi connectivity index (χ3n) is 3.36. The topological polar surface area (TPSA) is 51.7 Å². The number of anilines is 1. The standard InChI is InChI=1S/C15H22N2O3/c1-3-5-14(18)15-13(6-4-7-16-15)17-8-9-20-12(10-17)11-19-2/h4,6-7,12H,3,5,8-11H2,1-2H3. The van der Waals surface area contributed by atoms with Crippen LogP contribution < -0.4 is 4.90 Å². The van der Waals surface area contributed by atoms with E-state index in [1.54, 1.807) is 13.3 Å². The molecule has 0 radical (unpaired) electrons. The van der Waals surface area contributed by atoms with Crippen LogP contribution in [-0.4, -0.2) is 50.3 Å². The first-order valence-electron chi connectivity index (χ1n) is 7.10. The Morgan fingerprint density at radius 3 is 3.20 bits per heavy atom. The van der Waals surface area contributed by atoms with Crippen LogP contribution in [0.1, 0.15) is 30.3 Å². The lowest BCUT2D eigenvalue weighted by atomic mass is 10.1. The van der Waals surface area contributed by atoms with E-state index < -0.39 is 0 Å². The first kappa shape index (κ1) is 14.9. The Bertz CT molecular complexity index is 448. The summed E-state index contributed by atoms with van der Waals surface area (Å²) in [4.78, 5) is 18.6. The van der Waals surface area contributed by atoms with Gasteiger partial charge in [-0.3, -0.25) is 9.78 Å². The van der Waals surface area contributed by atoms with E-state index in [2.05, 4.69) is 9.88 Å². The molecular formula is C15H22N2O3. The van der Waals surface area contributed by atoms with Crippen molar-refractivity contribution in [2.75, 3.05) is 38.3 Å². The number of morpholine rings is 1. The minimum absolute atomic E-state index is 0.0445. The van der Waals surface area contributed by atoms with E-state index in [1.165, 1.54) is 0 Å². The molecule has 1 unspecified atom stereocenters. The summed E-state index contributed by atoms with van der Waals surface area (Å²) in [5.41, 5.74) is 1.49. The summed E-state index contributed by atoms with van der Waals surface area (Å²) in [6, 6.07) is 3.84.